The fourth-order valence-corrected chi connectivity index (χ4v) is 4.14. The molecule has 2 N–H and O–H groups in total. The lowest BCUT2D eigenvalue weighted by Gasteiger charge is -2.22. The van der Waals surface area contributed by atoms with Crippen LogP contribution in [0.3, 0.4) is 0 Å². The molecule has 1 aliphatic rings. The van der Waals surface area contributed by atoms with Gasteiger partial charge in [-0.2, -0.15) is 0 Å². The molecular formula is C27H34FNO5. The van der Waals surface area contributed by atoms with Gasteiger partial charge in [-0.3, -0.25) is 9.78 Å². The molecule has 0 amide bonds. The van der Waals surface area contributed by atoms with Crippen LogP contribution in [0.5, 0.6) is 0 Å². The molecular weight excluding hydrogens is 437 g/mol. The Bertz CT molecular complexity index is 1010. The first-order chi connectivity index (χ1) is 16.2. The van der Waals surface area contributed by atoms with Crippen LogP contribution in [0.2, 0.25) is 0 Å². The molecule has 6 nitrogen and oxygen atoms in total. The summed E-state index contributed by atoms with van der Waals surface area (Å²) in [6.07, 6.45) is 3.38. The summed E-state index contributed by atoms with van der Waals surface area (Å²) in [6.45, 7) is 4.50. The maximum atomic E-state index is 13.7. The van der Waals surface area contributed by atoms with Gasteiger partial charge < -0.3 is 19.7 Å². The van der Waals surface area contributed by atoms with Crippen molar-refractivity contribution >= 4 is 12.0 Å². The zero-order chi connectivity index (χ0) is 24.8. The molecule has 2 unspecified atom stereocenters. The third-order valence-corrected chi connectivity index (χ3v) is 5.96. The van der Waals surface area contributed by atoms with Crippen molar-refractivity contribution in [2.24, 2.45) is 0 Å². The quantitative estimate of drug-likeness (QED) is 0.461. The number of hydrogen-bond donors (Lipinski definition) is 2. The van der Waals surface area contributed by atoms with Crippen LogP contribution in [0.15, 0.2) is 30.3 Å². The summed E-state index contributed by atoms with van der Waals surface area (Å²) in [6, 6.07) is 6.37. The molecule has 1 heterocycles. The lowest BCUT2D eigenvalue weighted by atomic mass is 9.88. The molecule has 3 rings (SSSR count). The lowest BCUT2D eigenvalue weighted by molar-refractivity contribution is -0.143. The van der Waals surface area contributed by atoms with Gasteiger partial charge in [0, 0.05) is 36.3 Å². The van der Waals surface area contributed by atoms with Crippen molar-refractivity contribution in [2.45, 2.75) is 70.2 Å². The maximum Gasteiger partial charge on any atom is 0.308 e. The topological polar surface area (TPSA) is 88.9 Å². The average Bonchev–Trinajstić information content (AvgIpc) is 3.63. The van der Waals surface area contributed by atoms with Crippen LogP contribution in [0, 0.1) is 5.82 Å². The van der Waals surface area contributed by atoms with E-state index in [1.165, 1.54) is 19.2 Å². The van der Waals surface area contributed by atoms with E-state index in [0.29, 0.717) is 12.5 Å². The number of aliphatic hydroxyl groups excluding tert-OH is 2. The Labute approximate surface area is 200 Å². The van der Waals surface area contributed by atoms with Crippen molar-refractivity contribution in [1.29, 1.82) is 0 Å². The number of esters is 1. The second-order valence-electron chi connectivity index (χ2n) is 9.11. The molecule has 2 atom stereocenters. The first-order valence-corrected chi connectivity index (χ1v) is 11.7. The van der Waals surface area contributed by atoms with Gasteiger partial charge in [-0.15, -0.1) is 0 Å². The number of rotatable bonds is 11. The minimum atomic E-state index is -1.02. The molecule has 34 heavy (non-hydrogen) atoms. The number of aliphatic hydroxyl groups is 2. The molecule has 1 aromatic carbocycles. The predicted molar refractivity (Wildman–Crippen MR) is 129 cm³/mol. The van der Waals surface area contributed by atoms with Crippen molar-refractivity contribution in [2.75, 3.05) is 14.2 Å². The zero-order valence-electron chi connectivity index (χ0n) is 20.3. The summed E-state index contributed by atoms with van der Waals surface area (Å²) in [5.74, 6) is -0.355. The van der Waals surface area contributed by atoms with Crippen LogP contribution in [-0.4, -0.2) is 47.6 Å². The molecule has 1 aliphatic carbocycles. The first kappa shape index (κ1) is 26.0. The van der Waals surface area contributed by atoms with Gasteiger partial charge in [0.15, 0.2) is 0 Å². The highest BCUT2D eigenvalue weighted by molar-refractivity contribution is 5.80. The lowest BCUT2D eigenvalue weighted by Crippen LogP contribution is -2.20. The van der Waals surface area contributed by atoms with Gasteiger partial charge >= 0.3 is 5.97 Å². The van der Waals surface area contributed by atoms with Crippen LogP contribution in [0.1, 0.15) is 73.9 Å². The minimum absolute atomic E-state index is 0.00694. The number of carbonyl (C=O) groups excluding carboxylic acids is 1. The fourth-order valence-electron chi connectivity index (χ4n) is 4.14. The zero-order valence-corrected chi connectivity index (χ0v) is 20.3. The van der Waals surface area contributed by atoms with E-state index in [4.69, 9.17) is 9.72 Å². The second kappa shape index (κ2) is 11.7. The standard InChI is InChI=1S/C27H34FNO5/c1-16(2)26-22(12-11-20(30)13-21(31)14-24(32)34-4)25(17-7-9-19(28)10-8-17)23(15-33-3)27(29-26)18-5-6-18/h7-12,16,18,20-21,30-31H,5-6,13-15H2,1-4H3/b12-11+. The van der Waals surface area contributed by atoms with E-state index < -0.39 is 18.2 Å². The number of ether oxygens (including phenoxy) is 2. The Morgan fingerprint density at radius 1 is 1.21 bits per heavy atom. The molecule has 0 spiro atoms. The van der Waals surface area contributed by atoms with Gasteiger partial charge in [0.05, 0.1) is 38.0 Å². The molecule has 0 aliphatic heterocycles. The van der Waals surface area contributed by atoms with Crippen LogP contribution >= 0.6 is 0 Å². The van der Waals surface area contributed by atoms with Crippen LogP contribution in [0.25, 0.3) is 17.2 Å². The number of nitrogens with zero attached hydrogens (tertiary/aromatic N) is 1. The van der Waals surface area contributed by atoms with Crippen molar-refractivity contribution in [3.05, 3.63) is 58.7 Å². The van der Waals surface area contributed by atoms with E-state index >= 15 is 0 Å². The summed E-state index contributed by atoms with van der Waals surface area (Å²) in [7, 11) is 2.90. The number of carbonyl (C=O) groups is 1. The Morgan fingerprint density at radius 3 is 2.44 bits per heavy atom. The predicted octanol–water partition coefficient (Wildman–Crippen LogP) is 4.72. The summed E-state index contributed by atoms with van der Waals surface area (Å²) in [5, 5.41) is 20.6. The Hall–Kier alpha value is -2.61. The van der Waals surface area contributed by atoms with Gasteiger partial charge in [0.25, 0.3) is 0 Å². The normalized spacial score (nSPS) is 15.6. The van der Waals surface area contributed by atoms with Crippen LogP contribution in [-0.2, 0) is 20.9 Å². The second-order valence-corrected chi connectivity index (χ2v) is 9.11. The summed E-state index contributed by atoms with van der Waals surface area (Å²) < 4.78 is 23.8. The van der Waals surface area contributed by atoms with Crippen molar-refractivity contribution < 1.29 is 28.9 Å². The molecule has 1 saturated carbocycles. The molecule has 7 heteroatoms. The molecule has 0 radical (unpaired) electrons. The number of pyridine rings is 1. The van der Waals surface area contributed by atoms with Gasteiger partial charge in [-0.1, -0.05) is 38.1 Å². The van der Waals surface area contributed by atoms with E-state index in [2.05, 4.69) is 18.6 Å². The molecule has 184 valence electrons. The summed E-state index contributed by atoms with van der Waals surface area (Å²) in [4.78, 5) is 16.4. The summed E-state index contributed by atoms with van der Waals surface area (Å²) >= 11 is 0. The largest absolute Gasteiger partial charge is 0.469 e. The Kier molecular flexibility index (Phi) is 8.94. The SMILES string of the molecule is COCc1c(C2CC2)nc(C(C)C)c(/C=C/C(O)CC(O)CC(=O)OC)c1-c1ccc(F)cc1. The smallest absolute Gasteiger partial charge is 0.308 e. The molecule has 2 aromatic rings. The van der Waals surface area contributed by atoms with Crippen molar-refractivity contribution in [3.8, 4) is 11.1 Å². The molecule has 1 fully saturated rings. The van der Waals surface area contributed by atoms with Gasteiger partial charge in [0.1, 0.15) is 5.82 Å². The van der Waals surface area contributed by atoms with E-state index in [-0.39, 0.29) is 24.6 Å². The maximum absolute atomic E-state index is 13.7. The Morgan fingerprint density at radius 2 is 1.88 bits per heavy atom. The molecule has 0 saturated heterocycles. The Balaban J connectivity index is 2.08. The van der Waals surface area contributed by atoms with E-state index in [9.17, 15) is 19.4 Å². The number of hydrogen-bond acceptors (Lipinski definition) is 6. The number of aromatic nitrogens is 1. The third-order valence-electron chi connectivity index (χ3n) is 5.96. The fraction of sp³-hybridized carbons (Fsp3) is 0.481. The minimum Gasteiger partial charge on any atom is -0.469 e. The highest BCUT2D eigenvalue weighted by Gasteiger charge is 2.31. The summed E-state index contributed by atoms with van der Waals surface area (Å²) in [5.41, 5.74) is 5.48. The average molecular weight is 472 g/mol. The van der Waals surface area contributed by atoms with E-state index in [1.54, 1.807) is 25.3 Å². The van der Waals surface area contributed by atoms with Crippen molar-refractivity contribution in [3.63, 3.8) is 0 Å². The van der Waals surface area contributed by atoms with Crippen LogP contribution < -0.4 is 0 Å². The van der Waals surface area contributed by atoms with Crippen molar-refractivity contribution in [1.82, 2.24) is 4.98 Å². The number of benzene rings is 1. The van der Waals surface area contributed by atoms with Gasteiger partial charge in [-0.05, 0) is 42.0 Å². The molecule has 0 bridgehead atoms. The highest BCUT2D eigenvalue weighted by atomic mass is 19.1. The number of halogens is 1. The third kappa shape index (κ3) is 6.50. The van der Waals surface area contributed by atoms with E-state index in [0.717, 1.165) is 46.5 Å². The van der Waals surface area contributed by atoms with Gasteiger partial charge in [-0.25, -0.2) is 4.39 Å². The highest BCUT2D eigenvalue weighted by Crippen LogP contribution is 2.45. The monoisotopic (exact) mass is 471 g/mol. The van der Waals surface area contributed by atoms with Crippen LogP contribution in [0.4, 0.5) is 4.39 Å². The molecule has 1 aromatic heterocycles. The first-order valence-electron chi connectivity index (χ1n) is 11.7. The van der Waals surface area contributed by atoms with Gasteiger partial charge in [0.2, 0.25) is 0 Å². The van der Waals surface area contributed by atoms with E-state index in [1.807, 2.05) is 6.08 Å². The number of methoxy groups -OCH3 is 2.